The number of rotatable bonds is 18. The van der Waals surface area contributed by atoms with Crippen molar-refractivity contribution in [1.29, 1.82) is 0 Å². The molecule has 224 valence electrons. The molecule has 0 saturated carbocycles. The van der Waals surface area contributed by atoms with Gasteiger partial charge in [-0.15, -0.1) is 0 Å². The summed E-state index contributed by atoms with van der Waals surface area (Å²) in [5.74, 6) is 0.681. The molecule has 0 amide bonds. The Labute approximate surface area is 246 Å². The van der Waals surface area contributed by atoms with Gasteiger partial charge in [-0.2, -0.15) is 0 Å². The Balaban J connectivity index is 1.60. The number of aromatic amines is 1. The largest absolute Gasteiger partial charge is 0.493 e. The van der Waals surface area contributed by atoms with Crippen molar-refractivity contribution in [2.45, 2.75) is 109 Å². The van der Waals surface area contributed by atoms with Gasteiger partial charge in [0.2, 0.25) is 0 Å². The highest BCUT2D eigenvalue weighted by Crippen LogP contribution is 2.43. The number of para-hydroxylation sites is 1. The Bertz CT molecular complexity index is 1240. The summed E-state index contributed by atoms with van der Waals surface area (Å²) in [5, 5.41) is 11.5. The summed E-state index contributed by atoms with van der Waals surface area (Å²) in [7, 11) is 1.68. The van der Waals surface area contributed by atoms with Gasteiger partial charge in [-0.25, -0.2) is 0 Å². The number of nitrogens with one attached hydrogen (secondary N) is 1. The minimum Gasteiger partial charge on any atom is -0.493 e. The molecule has 0 bridgehead atoms. The molecule has 2 atom stereocenters. The predicted octanol–water partition coefficient (Wildman–Crippen LogP) is 8.68. The van der Waals surface area contributed by atoms with E-state index in [1.54, 1.807) is 7.11 Å². The zero-order chi connectivity index (χ0) is 29.0. The number of nitrogens with zero attached hydrogens (tertiary/aromatic N) is 1. The molecule has 2 heterocycles. The van der Waals surface area contributed by atoms with Crippen molar-refractivity contribution in [3.8, 4) is 11.5 Å². The van der Waals surface area contributed by atoms with Crippen molar-refractivity contribution >= 4 is 16.9 Å². The van der Waals surface area contributed by atoms with E-state index >= 15 is 0 Å². The molecule has 6 heteroatoms. The van der Waals surface area contributed by atoms with Gasteiger partial charge in [-0.3, -0.25) is 9.69 Å². The van der Waals surface area contributed by atoms with Crippen LogP contribution in [-0.2, 0) is 11.2 Å². The van der Waals surface area contributed by atoms with Gasteiger partial charge < -0.3 is 19.6 Å². The summed E-state index contributed by atoms with van der Waals surface area (Å²) < 4.78 is 12.0. The number of aromatic nitrogens is 1. The number of aliphatic carboxylic acids is 1. The lowest BCUT2D eigenvalue weighted by Gasteiger charge is -2.40. The number of hydrogen-bond donors (Lipinski definition) is 2. The van der Waals surface area contributed by atoms with Crippen LogP contribution in [0.1, 0.15) is 114 Å². The van der Waals surface area contributed by atoms with Crippen LogP contribution in [0.15, 0.2) is 42.5 Å². The molecule has 1 aromatic heterocycles. The standard InChI is InChI=1S/C35H50N2O4/c1-4-6-8-10-12-16-22-37-30(35(38)39)25-28-27-18-14-15-19-29(27)36-33(28)34(37)26-20-21-31(32(24-26)40-3)41-23-17-13-11-9-7-5-2/h14-15,18-21,24,30,34,36H,4-13,16-17,22-23,25H2,1-3H3,(H,38,39)/t30-,34-/m0/s1. The predicted molar refractivity (Wildman–Crippen MR) is 167 cm³/mol. The molecule has 0 spiro atoms. The average Bonchev–Trinajstić information content (AvgIpc) is 3.36. The topological polar surface area (TPSA) is 74.8 Å². The molecule has 0 aliphatic carbocycles. The molecule has 4 rings (SSSR count). The molecule has 6 nitrogen and oxygen atoms in total. The smallest absolute Gasteiger partial charge is 0.321 e. The number of ether oxygens (including phenoxy) is 2. The molecular weight excluding hydrogens is 512 g/mol. The van der Waals surface area contributed by atoms with E-state index in [0.717, 1.165) is 59.3 Å². The van der Waals surface area contributed by atoms with E-state index in [1.165, 1.54) is 57.8 Å². The SMILES string of the molecule is CCCCCCCCOc1ccc([C@H]2c3[nH]c4ccccc4c3C[C@@H](C(=O)O)N2CCCCCCCC)cc1OC. The maximum Gasteiger partial charge on any atom is 0.321 e. The Kier molecular flexibility index (Phi) is 12.0. The lowest BCUT2D eigenvalue weighted by Crippen LogP contribution is -2.49. The van der Waals surface area contributed by atoms with Crippen LogP contribution in [0.3, 0.4) is 0 Å². The van der Waals surface area contributed by atoms with Gasteiger partial charge in [-0.05, 0) is 48.7 Å². The lowest BCUT2D eigenvalue weighted by molar-refractivity contribution is -0.144. The summed E-state index contributed by atoms with van der Waals surface area (Å²) in [6.45, 7) is 5.87. The fourth-order valence-corrected chi connectivity index (χ4v) is 6.32. The number of carboxylic acids is 1. The maximum atomic E-state index is 12.7. The number of methoxy groups -OCH3 is 1. The number of carboxylic acid groups (broad SMARTS) is 1. The van der Waals surface area contributed by atoms with Gasteiger partial charge in [0.15, 0.2) is 11.5 Å². The molecule has 0 unspecified atom stereocenters. The fourth-order valence-electron chi connectivity index (χ4n) is 6.32. The van der Waals surface area contributed by atoms with Crippen LogP contribution in [0, 0.1) is 0 Å². The van der Waals surface area contributed by atoms with Crippen LogP contribution in [0.25, 0.3) is 10.9 Å². The first kappa shape index (κ1) is 31.0. The molecule has 1 aliphatic heterocycles. The van der Waals surface area contributed by atoms with Gasteiger partial charge in [0, 0.05) is 23.0 Å². The van der Waals surface area contributed by atoms with Crippen molar-refractivity contribution in [2.75, 3.05) is 20.3 Å². The summed E-state index contributed by atoms with van der Waals surface area (Å²) in [6.07, 6.45) is 14.8. The number of benzene rings is 2. The van der Waals surface area contributed by atoms with Gasteiger partial charge in [0.1, 0.15) is 6.04 Å². The van der Waals surface area contributed by atoms with E-state index < -0.39 is 12.0 Å². The van der Waals surface area contributed by atoms with E-state index in [2.05, 4.69) is 48.0 Å². The van der Waals surface area contributed by atoms with Gasteiger partial charge in [0.05, 0.1) is 19.8 Å². The summed E-state index contributed by atoms with van der Waals surface area (Å²) in [6, 6.07) is 13.6. The van der Waals surface area contributed by atoms with E-state index in [9.17, 15) is 9.90 Å². The van der Waals surface area contributed by atoms with Crippen LogP contribution in [0.2, 0.25) is 0 Å². The second-order valence-corrected chi connectivity index (χ2v) is 11.6. The normalized spacial score (nSPS) is 17.0. The van der Waals surface area contributed by atoms with Gasteiger partial charge >= 0.3 is 5.97 Å². The highest BCUT2D eigenvalue weighted by atomic mass is 16.5. The van der Waals surface area contributed by atoms with E-state index in [0.29, 0.717) is 18.8 Å². The third kappa shape index (κ3) is 7.85. The average molecular weight is 563 g/mol. The van der Waals surface area contributed by atoms with Crippen LogP contribution in [-0.4, -0.2) is 47.3 Å². The zero-order valence-corrected chi connectivity index (χ0v) is 25.4. The molecule has 0 fully saturated rings. The van der Waals surface area contributed by atoms with Gasteiger partial charge in [-0.1, -0.05) is 102 Å². The van der Waals surface area contributed by atoms with Crippen LogP contribution in [0.4, 0.5) is 0 Å². The quantitative estimate of drug-likeness (QED) is 0.152. The first-order chi connectivity index (χ1) is 20.1. The van der Waals surface area contributed by atoms with E-state index in [1.807, 2.05) is 18.2 Å². The fraction of sp³-hybridized carbons (Fsp3) is 0.571. The number of hydrogen-bond acceptors (Lipinski definition) is 4. The summed E-state index contributed by atoms with van der Waals surface area (Å²) in [5.41, 5.74) is 4.29. The van der Waals surface area contributed by atoms with Crippen molar-refractivity contribution in [1.82, 2.24) is 9.88 Å². The minimum atomic E-state index is -0.761. The number of H-pyrrole nitrogens is 1. The first-order valence-corrected chi connectivity index (χ1v) is 16.0. The maximum absolute atomic E-state index is 12.7. The van der Waals surface area contributed by atoms with Crippen LogP contribution >= 0.6 is 0 Å². The molecule has 1 aliphatic rings. The Morgan fingerprint density at radius 1 is 0.902 bits per heavy atom. The van der Waals surface area contributed by atoms with Crippen molar-refractivity contribution in [3.05, 3.63) is 59.3 Å². The van der Waals surface area contributed by atoms with Crippen molar-refractivity contribution in [2.24, 2.45) is 0 Å². The van der Waals surface area contributed by atoms with Gasteiger partial charge in [0.25, 0.3) is 0 Å². The lowest BCUT2D eigenvalue weighted by atomic mass is 9.87. The Morgan fingerprint density at radius 2 is 1.59 bits per heavy atom. The summed E-state index contributed by atoms with van der Waals surface area (Å²) >= 11 is 0. The van der Waals surface area contributed by atoms with Crippen LogP contribution in [0.5, 0.6) is 11.5 Å². The second kappa shape index (κ2) is 15.9. The zero-order valence-electron chi connectivity index (χ0n) is 25.4. The molecule has 2 aromatic carbocycles. The molecule has 2 N–H and O–H groups in total. The van der Waals surface area contributed by atoms with E-state index in [4.69, 9.17) is 9.47 Å². The number of fused-ring (bicyclic) bond motifs is 3. The molecule has 41 heavy (non-hydrogen) atoms. The number of carbonyl (C=O) groups is 1. The Morgan fingerprint density at radius 3 is 2.29 bits per heavy atom. The third-order valence-electron chi connectivity index (χ3n) is 8.56. The molecule has 0 saturated heterocycles. The van der Waals surface area contributed by atoms with Crippen molar-refractivity contribution in [3.63, 3.8) is 0 Å². The first-order valence-electron chi connectivity index (χ1n) is 16.0. The Hall–Kier alpha value is -2.99. The molecule has 0 radical (unpaired) electrons. The highest BCUT2D eigenvalue weighted by Gasteiger charge is 2.40. The second-order valence-electron chi connectivity index (χ2n) is 11.6. The molecular formula is C35H50N2O4. The monoisotopic (exact) mass is 562 g/mol. The third-order valence-corrected chi connectivity index (χ3v) is 8.56. The highest BCUT2D eigenvalue weighted by molar-refractivity contribution is 5.87. The van der Waals surface area contributed by atoms with Crippen LogP contribution < -0.4 is 9.47 Å². The summed E-state index contributed by atoms with van der Waals surface area (Å²) in [4.78, 5) is 18.6. The molecule has 3 aromatic rings. The van der Waals surface area contributed by atoms with E-state index in [-0.39, 0.29) is 6.04 Å². The van der Waals surface area contributed by atoms with Crippen molar-refractivity contribution < 1.29 is 19.4 Å². The minimum absolute atomic E-state index is 0.204. The number of unbranched alkanes of at least 4 members (excludes halogenated alkanes) is 10.